The molecule has 1 aromatic rings. The van der Waals surface area contributed by atoms with Crippen molar-refractivity contribution in [3.63, 3.8) is 0 Å². The Hall–Kier alpha value is -1.10. The molecule has 4 nitrogen and oxygen atoms in total. The van der Waals surface area contributed by atoms with E-state index in [-0.39, 0.29) is 5.92 Å². The Morgan fingerprint density at radius 3 is 2.46 bits per heavy atom. The van der Waals surface area contributed by atoms with E-state index in [0.717, 1.165) is 50.7 Å². The molecular formula is C21H30ClN3O. The molecule has 0 bridgehead atoms. The molecule has 26 heavy (non-hydrogen) atoms. The van der Waals surface area contributed by atoms with Crippen LogP contribution in [0, 0.1) is 11.8 Å². The first-order valence-electron chi connectivity index (χ1n) is 10.2. The maximum Gasteiger partial charge on any atom is 0.223 e. The number of hydrogen-bond acceptors (Lipinski definition) is 3. The first-order chi connectivity index (χ1) is 12.7. The summed E-state index contributed by atoms with van der Waals surface area (Å²) < 4.78 is 0. The van der Waals surface area contributed by atoms with Crippen molar-refractivity contribution in [2.75, 3.05) is 32.7 Å². The maximum absolute atomic E-state index is 12.3. The number of benzene rings is 1. The number of fused-ring (bicyclic) bond motifs is 1. The summed E-state index contributed by atoms with van der Waals surface area (Å²) in [6.07, 6.45) is 6.04. The number of nitrogens with one attached hydrogen (secondary N) is 1. The molecule has 3 fully saturated rings. The van der Waals surface area contributed by atoms with Gasteiger partial charge in [0, 0.05) is 49.7 Å². The van der Waals surface area contributed by atoms with Gasteiger partial charge in [0.1, 0.15) is 0 Å². The molecule has 1 amide bonds. The van der Waals surface area contributed by atoms with E-state index in [0.29, 0.717) is 17.9 Å². The van der Waals surface area contributed by atoms with Crippen molar-refractivity contribution in [3.05, 3.63) is 34.9 Å². The van der Waals surface area contributed by atoms with Crippen molar-refractivity contribution in [2.24, 2.45) is 11.8 Å². The van der Waals surface area contributed by atoms with Crippen LogP contribution in [0.1, 0.15) is 37.7 Å². The molecular weight excluding hydrogens is 346 g/mol. The molecule has 1 aromatic carbocycles. The first-order valence-corrected chi connectivity index (χ1v) is 10.6. The third-order valence-corrected chi connectivity index (χ3v) is 6.79. The molecule has 1 saturated carbocycles. The smallest absolute Gasteiger partial charge is 0.223 e. The molecule has 0 spiro atoms. The molecule has 1 N–H and O–H groups in total. The molecule has 2 aliphatic heterocycles. The molecule has 5 heteroatoms. The van der Waals surface area contributed by atoms with E-state index in [4.69, 9.17) is 11.6 Å². The van der Waals surface area contributed by atoms with Gasteiger partial charge in [-0.05, 0) is 49.4 Å². The quantitative estimate of drug-likeness (QED) is 0.858. The Kier molecular flexibility index (Phi) is 5.82. The average molecular weight is 376 g/mol. The van der Waals surface area contributed by atoms with Crippen LogP contribution in [0.25, 0.3) is 0 Å². The number of halogens is 1. The minimum absolute atomic E-state index is 0.257. The van der Waals surface area contributed by atoms with Gasteiger partial charge in [-0.3, -0.25) is 9.69 Å². The fraction of sp³-hybridized carbons (Fsp3) is 0.667. The summed E-state index contributed by atoms with van der Waals surface area (Å²) in [6.45, 7) is 6.49. The Balaban J connectivity index is 1.21. The molecule has 142 valence electrons. The third kappa shape index (κ3) is 4.24. The zero-order chi connectivity index (χ0) is 17.9. The predicted molar refractivity (Wildman–Crippen MR) is 105 cm³/mol. The van der Waals surface area contributed by atoms with Crippen LogP contribution in [0.4, 0.5) is 0 Å². The van der Waals surface area contributed by atoms with Gasteiger partial charge in [-0.15, -0.1) is 0 Å². The van der Waals surface area contributed by atoms with E-state index in [9.17, 15) is 4.79 Å². The van der Waals surface area contributed by atoms with Crippen LogP contribution in [0.15, 0.2) is 24.3 Å². The van der Waals surface area contributed by atoms with Crippen LogP contribution < -0.4 is 5.32 Å². The third-order valence-electron chi connectivity index (χ3n) is 6.54. The molecule has 1 aliphatic carbocycles. The Bertz CT molecular complexity index is 612. The molecule has 0 aromatic heterocycles. The molecule has 0 radical (unpaired) electrons. The lowest BCUT2D eigenvalue weighted by atomic mass is 9.78. The highest BCUT2D eigenvalue weighted by Crippen LogP contribution is 2.37. The lowest BCUT2D eigenvalue weighted by Crippen LogP contribution is -2.46. The van der Waals surface area contributed by atoms with Crippen molar-refractivity contribution < 1.29 is 4.79 Å². The topological polar surface area (TPSA) is 35.6 Å². The standard InChI is InChI=1S/C21H30ClN3O/c22-17-7-5-16(6-8-17)15-25-13-11-24(12-14-25)10-9-19-18-3-1-2-4-20(18)23-21(19)26/h5-8,18-20H,1-4,9-15H2,(H,23,26). The number of hydrogen-bond donors (Lipinski definition) is 1. The highest BCUT2D eigenvalue weighted by molar-refractivity contribution is 6.30. The van der Waals surface area contributed by atoms with Crippen molar-refractivity contribution in [2.45, 2.75) is 44.7 Å². The van der Waals surface area contributed by atoms with E-state index in [1.165, 1.54) is 31.2 Å². The molecule has 3 unspecified atom stereocenters. The number of amides is 1. The fourth-order valence-electron chi connectivity index (χ4n) is 4.99. The number of rotatable bonds is 5. The van der Waals surface area contributed by atoms with Gasteiger partial charge in [-0.1, -0.05) is 36.6 Å². The summed E-state index contributed by atoms with van der Waals surface area (Å²) in [5.41, 5.74) is 1.33. The van der Waals surface area contributed by atoms with Crippen LogP contribution in [0.2, 0.25) is 5.02 Å². The van der Waals surface area contributed by atoms with E-state index >= 15 is 0 Å². The van der Waals surface area contributed by atoms with Crippen LogP contribution in [-0.4, -0.2) is 54.5 Å². The van der Waals surface area contributed by atoms with Gasteiger partial charge in [0.05, 0.1) is 0 Å². The Labute approximate surface area is 161 Å². The average Bonchev–Trinajstić information content (AvgIpc) is 2.98. The minimum atomic E-state index is 0.257. The molecule has 4 rings (SSSR count). The Morgan fingerprint density at radius 1 is 1.00 bits per heavy atom. The summed E-state index contributed by atoms with van der Waals surface area (Å²) in [6, 6.07) is 8.65. The second-order valence-electron chi connectivity index (χ2n) is 8.20. The molecule has 2 heterocycles. The van der Waals surface area contributed by atoms with E-state index in [1.54, 1.807) is 0 Å². The van der Waals surface area contributed by atoms with Gasteiger partial charge in [-0.25, -0.2) is 0 Å². The van der Waals surface area contributed by atoms with Crippen molar-refractivity contribution >= 4 is 17.5 Å². The number of piperazine rings is 1. The van der Waals surface area contributed by atoms with E-state index < -0.39 is 0 Å². The van der Waals surface area contributed by atoms with E-state index in [2.05, 4.69) is 27.2 Å². The molecule has 3 atom stereocenters. The van der Waals surface area contributed by atoms with Gasteiger partial charge in [-0.2, -0.15) is 0 Å². The van der Waals surface area contributed by atoms with E-state index in [1.807, 2.05) is 12.1 Å². The minimum Gasteiger partial charge on any atom is -0.353 e. The second kappa shape index (κ2) is 8.28. The number of nitrogens with zero attached hydrogens (tertiary/aromatic N) is 2. The van der Waals surface area contributed by atoms with Gasteiger partial charge in [0.2, 0.25) is 5.91 Å². The summed E-state index contributed by atoms with van der Waals surface area (Å²) in [7, 11) is 0. The first kappa shape index (κ1) is 18.3. The summed E-state index contributed by atoms with van der Waals surface area (Å²) in [4.78, 5) is 17.4. The van der Waals surface area contributed by atoms with Gasteiger partial charge >= 0.3 is 0 Å². The predicted octanol–water partition coefficient (Wildman–Crippen LogP) is 3.15. The zero-order valence-electron chi connectivity index (χ0n) is 15.5. The van der Waals surface area contributed by atoms with Crippen LogP contribution >= 0.6 is 11.6 Å². The molecule has 3 aliphatic rings. The Morgan fingerprint density at radius 2 is 1.69 bits per heavy atom. The van der Waals surface area contributed by atoms with Crippen LogP contribution in [0.3, 0.4) is 0 Å². The molecule has 2 saturated heterocycles. The van der Waals surface area contributed by atoms with Crippen molar-refractivity contribution in [3.8, 4) is 0 Å². The lowest BCUT2D eigenvalue weighted by molar-refractivity contribution is -0.123. The monoisotopic (exact) mass is 375 g/mol. The summed E-state index contributed by atoms with van der Waals surface area (Å²) in [5.74, 6) is 1.18. The fourth-order valence-corrected chi connectivity index (χ4v) is 5.12. The van der Waals surface area contributed by atoms with Gasteiger partial charge in [0.25, 0.3) is 0 Å². The van der Waals surface area contributed by atoms with Crippen molar-refractivity contribution in [1.82, 2.24) is 15.1 Å². The van der Waals surface area contributed by atoms with Crippen LogP contribution in [0.5, 0.6) is 0 Å². The highest BCUT2D eigenvalue weighted by Gasteiger charge is 2.42. The summed E-state index contributed by atoms with van der Waals surface area (Å²) in [5, 5.41) is 4.06. The SMILES string of the molecule is O=C1NC2CCCCC2C1CCN1CCN(Cc2ccc(Cl)cc2)CC1. The maximum atomic E-state index is 12.3. The van der Waals surface area contributed by atoms with Gasteiger partial charge < -0.3 is 10.2 Å². The normalized spacial score (nSPS) is 30.2. The highest BCUT2D eigenvalue weighted by atomic mass is 35.5. The summed E-state index contributed by atoms with van der Waals surface area (Å²) >= 11 is 5.97. The lowest BCUT2D eigenvalue weighted by Gasteiger charge is -2.35. The zero-order valence-corrected chi connectivity index (χ0v) is 16.3. The number of carbonyl (C=O) groups excluding carboxylic acids is 1. The van der Waals surface area contributed by atoms with Crippen molar-refractivity contribution in [1.29, 1.82) is 0 Å². The largest absolute Gasteiger partial charge is 0.353 e. The number of carbonyl (C=O) groups is 1. The second-order valence-corrected chi connectivity index (χ2v) is 8.64. The van der Waals surface area contributed by atoms with Crippen LogP contribution in [-0.2, 0) is 11.3 Å². The van der Waals surface area contributed by atoms with Gasteiger partial charge in [0.15, 0.2) is 0 Å².